The summed E-state index contributed by atoms with van der Waals surface area (Å²) in [6, 6.07) is 8.82. The minimum atomic E-state index is -5.20. The first-order valence-corrected chi connectivity index (χ1v) is 7.75. The Morgan fingerprint density at radius 2 is 1.71 bits per heavy atom. The van der Waals surface area contributed by atoms with E-state index in [2.05, 4.69) is 9.84 Å². The van der Waals surface area contributed by atoms with E-state index < -0.39 is 24.2 Å². The Morgan fingerprint density at radius 1 is 1.04 bits per heavy atom. The van der Waals surface area contributed by atoms with Crippen LogP contribution in [0.4, 0.5) is 32.0 Å². The summed E-state index contributed by atoms with van der Waals surface area (Å²) < 4.78 is 79.5. The minimum Gasteiger partial charge on any atom is -0.406 e. The van der Waals surface area contributed by atoms with Gasteiger partial charge in [0.1, 0.15) is 5.75 Å². The average Bonchev–Trinajstić information content (AvgIpc) is 2.54. The molecule has 0 unspecified atom stereocenters. The molecule has 2 rings (SSSR count). The predicted molar refractivity (Wildman–Crippen MR) is 90.2 cm³/mol. The number of carbonyl (C=O) groups excluding carboxylic acids is 1. The first-order chi connectivity index (χ1) is 12.9. The highest BCUT2D eigenvalue weighted by Gasteiger charge is 2.43. The lowest BCUT2D eigenvalue weighted by Gasteiger charge is -2.20. The van der Waals surface area contributed by atoms with E-state index in [9.17, 15) is 31.1 Å². The second-order valence-electron chi connectivity index (χ2n) is 5.77. The van der Waals surface area contributed by atoms with Crippen molar-refractivity contribution >= 4 is 17.8 Å². The molecule has 0 aliphatic carbocycles. The van der Waals surface area contributed by atoms with E-state index in [4.69, 9.17) is 0 Å². The molecule has 0 aliphatic heterocycles. The molecule has 0 fully saturated rings. The molecule has 0 N–H and O–H groups in total. The normalized spacial score (nSPS) is 12.3. The van der Waals surface area contributed by atoms with Gasteiger partial charge in [0.05, 0.1) is 11.9 Å². The molecule has 0 atom stereocenters. The van der Waals surface area contributed by atoms with Crippen LogP contribution in [0.1, 0.15) is 16.7 Å². The Bertz CT molecular complexity index is 890. The molecule has 28 heavy (non-hydrogen) atoms. The molecule has 4 nitrogen and oxygen atoms in total. The Kier molecular flexibility index (Phi) is 6.01. The Labute approximate surface area is 156 Å². The molecule has 0 saturated carbocycles. The third-order valence-corrected chi connectivity index (χ3v) is 3.43. The largest absolute Gasteiger partial charge is 0.573 e. The van der Waals surface area contributed by atoms with Gasteiger partial charge in [0.25, 0.3) is 0 Å². The third kappa shape index (κ3) is 5.73. The zero-order chi connectivity index (χ0) is 21.1. The number of alkyl halides is 6. The fraction of sp³-hybridized carbons (Fsp3) is 0.222. The molecule has 0 saturated heterocycles. The molecule has 0 radical (unpaired) electrons. The maximum absolute atomic E-state index is 13.0. The molecule has 0 spiro atoms. The van der Waals surface area contributed by atoms with E-state index in [1.165, 1.54) is 31.2 Å². The Balaban J connectivity index is 2.40. The predicted octanol–water partition coefficient (Wildman–Crippen LogP) is 5.13. The molecule has 150 valence electrons. The van der Waals surface area contributed by atoms with Crippen molar-refractivity contribution in [3.63, 3.8) is 0 Å². The number of benzene rings is 2. The van der Waals surface area contributed by atoms with Crippen LogP contribution in [-0.2, 0) is 4.79 Å². The van der Waals surface area contributed by atoms with Crippen molar-refractivity contribution in [3.8, 4) is 5.75 Å². The number of aryl methyl sites for hydroxylation is 2. The second-order valence-corrected chi connectivity index (χ2v) is 5.77. The minimum absolute atomic E-state index is 0.00601. The smallest absolute Gasteiger partial charge is 0.406 e. The monoisotopic (exact) mass is 404 g/mol. The van der Waals surface area contributed by atoms with Crippen molar-refractivity contribution in [3.05, 3.63) is 59.2 Å². The standard InChI is InChI=1S/C18H14F6N2O2/c1-11-6-7-15(12(2)8-11)26(16(27)17(19,20)21)25-10-13-4-3-5-14(9-13)28-18(22,23)24/h3-10H,1-2H3/b25-10+. The quantitative estimate of drug-likeness (QED) is 0.403. The van der Waals surface area contributed by atoms with Crippen molar-refractivity contribution in [2.24, 2.45) is 5.10 Å². The fourth-order valence-corrected chi connectivity index (χ4v) is 2.30. The molecule has 0 heterocycles. The zero-order valence-electron chi connectivity index (χ0n) is 14.6. The molecule has 0 bridgehead atoms. The van der Waals surface area contributed by atoms with Gasteiger partial charge < -0.3 is 4.74 Å². The first-order valence-electron chi connectivity index (χ1n) is 7.75. The van der Waals surface area contributed by atoms with Crippen molar-refractivity contribution in [2.75, 3.05) is 5.01 Å². The molecule has 0 aliphatic rings. The van der Waals surface area contributed by atoms with Gasteiger partial charge in [-0.2, -0.15) is 23.3 Å². The molecule has 2 aromatic rings. The summed E-state index contributed by atoms with van der Waals surface area (Å²) in [5.41, 5.74) is 1.03. The molecule has 0 aromatic heterocycles. The van der Waals surface area contributed by atoms with E-state index in [0.717, 1.165) is 23.9 Å². The first kappa shape index (κ1) is 21.3. The molecular formula is C18H14F6N2O2. The van der Waals surface area contributed by atoms with E-state index in [1.54, 1.807) is 13.0 Å². The van der Waals surface area contributed by atoms with Crippen molar-refractivity contribution < 1.29 is 35.9 Å². The van der Waals surface area contributed by atoms with Crippen LogP contribution in [-0.4, -0.2) is 24.7 Å². The van der Waals surface area contributed by atoms with Crippen LogP contribution < -0.4 is 9.75 Å². The lowest BCUT2D eigenvalue weighted by molar-refractivity contribution is -0.274. The number of anilines is 1. The number of halogens is 6. The lowest BCUT2D eigenvalue weighted by Crippen LogP contribution is -2.38. The van der Waals surface area contributed by atoms with Gasteiger partial charge in [0.15, 0.2) is 0 Å². The van der Waals surface area contributed by atoms with Crippen molar-refractivity contribution in [2.45, 2.75) is 26.4 Å². The van der Waals surface area contributed by atoms with Gasteiger partial charge in [0.2, 0.25) is 0 Å². The lowest BCUT2D eigenvalue weighted by atomic mass is 10.1. The van der Waals surface area contributed by atoms with Gasteiger partial charge in [-0.3, -0.25) is 4.79 Å². The summed E-state index contributed by atoms with van der Waals surface area (Å²) >= 11 is 0. The van der Waals surface area contributed by atoms with Gasteiger partial charge in [-0.05, 0) is 43.2 Å². The maximum atomic E-state index is 13.0. The highest BCUT2D eigenvalue weighted by atomic mass is 19.4. The topological polar surface area (TPSA) is 41.9 Å². The number of nitrogens with zero attached hydrogens (tertiary/aromatic N) is 2. The summed E-state index contributed by atoms with van der Waals surface area (Å²) in [6.07, 6.45) is -9.28. The number of amides is 1. The molecule has 1 amide bonds. The number of rotatable bonds is 4. The van der Waals surface area contributed by atoms with Crippen LogP contribution in [0.3, 0.4) is 0 Å². The van der Waals surface area contributed by atoms with Gasteiger partial charge in [-0.1, -0.05) is 29.8 Å². The molecular weight excluding hydrogens is 390 g/mol. The number of carbonyl (C=O) groups is 1. The van der Waals surface area contributed by atoms with Crippen LogP contribution in [0.25, 0.3) is 0 Å². The van der Waals surface area contributed by atoms with E-state index in [-0.39, 0.29) is 16.3 Å². The zero-order valence-corrected chi connectivity index (χ0v) is 14.6. The summed E-state index contributed by atoms with van der Waals surface area (Å²) in [4.78, 5) is 11.8. The van der Waals surface area contributed by atoms with Gasteiger partial charge in [-0.25, -0.2) is 0 Å². The maximum Gasteiger partial charge on any atom is 0.573 e. The summed E-state index contributed by atoms with van der Waals surface area (Å²) in [5, 5.41) is 3.72. The van der Waals surface area contributed by atoms with E-state index in [1.807, 2.05) is 0 Å². The number of hydrogen-bond acceptors (Lipinski definition) is 3. The van der Waals surface area contributed by atoms with Crippen molar-refractivity contribution in [1.29, 1.82) is 0 Å². The SMILES string of the molecule is Cc1ccc(N(/N=C/c2cccc(OC(F)(F)F)c2)C(=O)C(F)(F)F)c(C)c1. The van der Waals surface area contributed by atoms with E-state index in [0.29, 0.717) is 5.56 Å². The fourth-order valence-electron chi connectivity index (χ4n) is 2.30. The van der Waals surface area contributed by atoms with E-state index >= 15 is 0 Å². The summed E-state index contributed by atoms with van der Waals surface area (Å²) in [7, 11) is 0. The van der Waals surface area contributed by atoms with Crippen LogP contribution in [0.5, 0.6) is 5.75 Å². The van der Waals surface area contributed by atoms with Crippen molar-refractivity contribution in [1.82, 2.24) is 0 Å². The number of hydrogen-bond donors (Lipinski definition) is 0. The summed E-state index contributed by atoms with van der Waals surface area (Å²) in [6.45, 7) is 3.23. The highest BCUT2D eigenvalue weighted by molar-refractivity contribution is 5.99. The van der Waals surface area contributed by atoms with Crippen LogP contribution >= 0.6 is 0 Å². The highest BCUT2D eigenvalue weighted by Crippen LogP contribution is 2.28. The van der Waals surface area contributed by atoms with Gasteiger partial charge in [0, 0.05) is 0 Å². The molecule has 2 aromatic carbocycles. The number of ether oxygens (including phenoxy) is 1. The molecule has 10 heteroatoms. The van der Waals surface area contributed by atoms with Crippen LogP contribution in [0, 0.1) is 13.8 Å². The average molecular weight is 404 g/mol. The van der Waals surface area contributed by atoms with Gasteiger partial charge in [-0.15, -0.1) is 13.2 Å². The van der Waals surface area contributed by atoms with Crippen LogP contribution in [0.2, 0.25) is 0 Å². The Hall–Kier alpha value is -3.04. The third-order valence-electron chi connectivity index (χ3n) is 3.43. The Morgan fingerprint density at radius 3 is 2.29 bits per heavy atom. The van der Waals surface area contributed by atoms with Gasteiger partial charge >= 0.3 is 18.4 Å². The number of hydrazone groups is 1. The second kappa shape index (κ2) is 7.91. The summed E-state index contributed by atoms with van der Waals surface area (Å²) in [5.74, 6) is -2.81. The van der Waals surface area contributed by atoms with Crippen LogP contribution in [0.15, 0.2) is 47.6 Å².